The number of hydrogen-bond donors (Lipinski definition) is 2. The largest absolute Gasteiger partial charge is 0.354 e. The van der Waals surface area contributed by atoms with Crippen LogP contribution >= 0.6 is 0 Å². The minimum atomic E-state index is -0.695. The van der Waals surface area contributed by atoms with Crippen molar-refractivity contribution in [1.82, 2.24) is 10.2 Å². The zero-order valence-corrected chi connectivity index (χ0v) is 12.1. The number of benzene rings is 1. The van der Waals surface area contributed by atoms with Crippen molar-refractivity contribution in [3.63, 3.8) is 0 Å². The van der Waals surface area contributed by atoms with E-state index in [1.807, 2.05) is 44.2 Å². The first kappa shape index (κ1) is 16.2. The molecular formula is C15H23N3O2. The van der Waals surface area contributed by atoms with Gasteiger partial charge in [-0.25, -0.2) is 0 Å². The molecule has 0 aliphatic carbocycles. The molecule has 2 amide bonds. The van der Waals surface area contributed by atoms with Gasteiger partial charge in [0.05, 0.1) is 0 Å². The van der Waals surface area contributed by atoms with E-state index in [1.165, 1.54) is 0 Å². The van der Waals surface area contributed by atoms with Crippen molar-refractivity contribution < 1.29 is 9.59 Å². The van der Waals surface area contributed by atoms with E-state index < -0.39 is 6.04 Å². The van der Waals surface area contributed by atoms with E-state index in [0.29, 0.717) is 26.1 Å². The molecule has 0 aromatic heterocycles. The van der Waals surface area contributed by atoms with Gasteiger partial charge in [0, 0.05) is 26.1 Å². The van der Waals surface area contributed by atoms with Crippen molar-refractivity contribution in [2.75, 3.05) is 19.6 Å². The lowest BCUT2D eigenvalue weighted by Crippen LogP contribution is -2.37. The van der Waals surface area contributed by atoms with Gasteiger partial charge >= 0.3 is 0 Å². The maximum absolute atomic E-state index is 11.9. The fourth-order valence-electron chi connectivity index (χ4n) is 1.95. The monoisotopic (exact) mass is 277 g/mol. The summed E-state index contributed by atoms with van der Waals surface area (Å²) in [5, 5.41) is 2.70. The Morgan fingerprint density at radius 3 is 2.35 bits per heavy atom. The van der Waals surface area contributed by atoms with Crippen LogP contribution in [0.5, 0.6) is 0 Å². The second kappa shape index (κ2) is 8.32. The fraction of sp³-hybridized carbons (Fsp3) is 0.467. The third-order valence-electron chi connectivity index (χ3n) is 3.20. The summed E-state index contributed by atoms with van der Waals surface area (Å²) in [4.78, 5) is 25.4. The Morgan fingerprint density at radius 2 is 1.80 bits per heavy atom. The van der Waals surface area contributed by atoms with E-state index in [4.69, 9.17) is 5.73 Å². The quantitative estimate of drug-likeness (QED) is 0.782. The molecule has 0 aliphatic rings. The van der Waals surface area contributed by atoms with Crippen molar-refractivity contribution in [3.8, 4) is 0 Å². The van der Waals surface area contributed by atoms with E-state index in [0.717, 1.165) is 5.56 Å². The number of amides is 2. The minimum Gasteiger partial charge on any atom is -0.354 e. The summed E-state index contributed by atoms with van der Waals surface area (Å²) in [6, 6.07) is 8.48. The predicted octanol–water partition coefficient (Wildman–Crippen LogP) is 1.06. The molecule has 0 saturated carbocycles. The molecule has 5 nitrogen and oxygen atoms in total. The van der Waals surface area contributed by atoms with Crippen molar-refractivity contribution >= 4 is 11.8 Å². The molecule has 1 aromatic carbocycles. The molecule has 0 radical (unpaired) electrons. The van der Waals surface area contributed by atoms with Crippen LogP contribution in [0.2, 0.25) is 0 Å². The first-order valence-electron chi connectivity index (χ1n) is 6.96. The van der Waals surface area contributed by atoms with Crippen molar-refractivity contribution in [2.45, 2.75) is 26.3 Å². The average molecular weight is 277 g/mol. The Morgan fingerprint density at radius 1 is 1.20 bits per heavy atom. The number of nitrogens with zero attached hydrogens (tertiary/aromatic N) is 1. The van der Waals surface area contributed by atoms with Gasteiger partial charge in [0.1, 0.15) is 6.04 Å². The maximum atomic E-state index is 11.9. The van der Waals surface area contributed by atoms with Crippen LogP contribution < -0.4 is 11.1 Å². The van der Waals surface area contributed by atoms with Crippen LogP contribution in [0.1, 0.15) is 31.9 Å². The second-order valence-corrected chi connectivity index (χ2v) is 4.50. The molecule has 0 spiro atoms. The Balaban J connectivity index is 2.39. The number of carbonyl (C=O) groups is 2. The zero-order chi connectivity index (χ0) is 15.0. The van der Waals surface area contributed by atoms with Crippen molar-refractivity contribution in [2.24, 2.45) is 5.73 Å². The van der Waals surface area contributed by atoms with Gasteiger partial charge in [0.25, 0.3) is 0 Å². The Labute approximate surface area is 120 Å². The van der Waals surface area contributed by atoms with Gasteiger partial charge in [0.15, 0.2) is 0 Å². The number of rotatable bonds is 7. The van der Waals surface area contributed by atoms with E-state index in [9.17, 15) is 9.59 Å². The second-order valence-electron chi connectivity index (χ2n) is 4.50. The molecular weight excluding hydrogens is 254 g/mol. The fourth-order valence-corrected chi connectivity index (χ4v) is 1.95. The van der Waals surface area contributed by atoms with Gasteiger partial charge in [-0.05, 0) is 19.4 Å². The molecule has 0 aliphatic heterocycles. The molecule has 5 heteroatoms. The summed E-state index contributed by atoms with van der Waals surface area (Å²) in [6.45, 7) is 5.56. The molecule has 1 atom stereocenters. The SMILES string of the molecule is CCN(CC)C(=O)CCNC(=O)[C@H](N)c1ccccc1. The summed E-state index contributed by atoms with van der Waals surface area (Å²) < 4.78 is 0. The van der Waals surface area contributed by atoms with Crippen LogP contribution in [-0.2, 0) is 9.59 Å². The molecule has 0 unspecified atom stereocenters. The highest BCUT2D eigenvalue weighted by Gasteiger charge is 2.16. The predicted molar refractivity (Wildman–Crippen MR) is 78.9 cm³/mol. The highest BCUT2D eigenvalue weighted by atomic mass is 16.2. The number of carbonyl (C=O) groups excluding carboxylic acids is 2. The smallest absolute Gasteiger partial charge is 0.241 e. The zero-order valence-electron chi connectivity index (χ0n) is 12.1. The van der Waals surface area contributed by atoms with E-state index in [-0.39, 0.29) is 11.8 Å². The first-order chi connectivity index (χ1) is 9.60. The summed E-state index contributed by atoms with van der Waals surface area (Å²) in [5.74, 6) is -0.216. The van der Waals surface area contributed by atoms with Crippen LogP contribution in [0.4, 0.5) is 0 Å². The van der Waals surface area contributed by atoms with Crippen LogP contribution in [0, 0.1) is 0 Å². The van der Waals surface area contributed by atoms with Crippen molar-refractivity contribution in [1.29, 1.82) is 0 Å². The summed E-state index contributed by atoms with van der Waals surface area (Å²) >= 11 is 0. The standard InChI is InChI=1S/C15H23N3O2/c1-3-18(4-2)13(19)10-11-17-15(20)14(16)12-8-6-5-7-9-12/h5-9,14H,3-4,10-11,16H2,1-2H3,(H,17,20)/t14-/m1/s1. The van der Waals surface area contributed by atoms with Gasteiger partial charge in [-0.3, -0.25) is 9.59 Å². The van der Waals surface area contributed by atoms with Crippen LogP contribution in [0.15, 0.2) is 30.3 Å². The van der Waals surface area contributed by atoms with Gasteiger partial charge in [-0.15, -0.1) is 0 Å². The molecule has 1 rings (SSSR count). The lowest BCUT2D eigenvalue weighted by molar-refractivity contribution is -0.130. The molecule has 1 aromatic rings. The molecule has 0 heterocycles. The van der Waals surface area contributed by atoms with Gasteiger partial charge in [0.2, 0.25) is 11.8 Å². The lowest BCUT2D eigenvalue weighted by atomic mass is 10.1. The van der Waals surface area contributed by atoms with E-state index in [2.05, 4.69) is 5.32 Å². The van der Waals surface area contributed by atoms with E-state index >= 15 is 0 Å². The first-order valence-corrected chi connectivity index (χ1v) is 6.96. The van der Waals surface area contributed by atoms with Crippen LogP contribution in [-0.4, -0.2) is 36.3 Å². The number of hydrogen-bond acceptors (Lipinski definition) is 3. The number of nitrogens with two attached hydrogens (primary N) is 1. The van der Waals surface area contributed by atoms with Gasteiger partial charge in [-0.2, -0.15) is 0 Å². The highest BCUT2D eigenvalue weighted by Crippen LogP contribution is 2.09. The molecule has 110 valence electrons. The maximum Gasteiger partial charge on any atom is 0.241 e. The topological polar surface area (TPSA) is 75.4 Å². The van der Waals surface area contributed by atoms with Crippen LogP contribution in [0.3, 0.4) is 0 Å². The summed E-state index contributed by atoms with van der Waals surface area (Å²) in [6.07, 6.45) is 0.301. The third-order valence-corrected chi connectivity index (χ3v) is 3.20. The molecule has 3 N–H and O–H groups in total. The normalized spacial score (nSPS) is 11.8. The van der Waals surface area contributed by atoms with Crippen molar-refractivity contribution in [3.05, 3.63) is 35.9 Å². The number of nitrogens with one attached hydrogen (secondary N) is 1. The minimum absolute atomic E-state index is 0.0450. The average Bonchev–Trinajstić information content (AvgIpc) is 2.48. The van der Waals surface area contributed by atoms with Crippen LogP contribution in [0.25, 0.3) is 0 Å². The molecule has 20 heavy (non-hydrogen) atoms. The summed E-state index contributed by atoms with van der Waals surface area (Å²) in [7, 11) is 0. The Kier molecular flexibility index (Phi) is 6.73. The Hall–Kier alpha value is -1.88. The Bertz CT molecular complexity index is 430. The molecule has 0 bridgehead atoms. The highest BCUT2D eigenvalue weighted by molar-refractivity contribution is 5.83. The van der Waals surface area contributed by atoms with E-state index in [1.54, 1.807) is 4.90 Å². The lowest BCUT2D eigenvalue weighted by Gasteiger charge is -2.19. The summed E-state index contributed by atoms with van der Waals surface area (Å²) in [5.41, 5.74) is 6.62. The molecule has 0 fully saturated rings. The third kappa shape index (κ3) is 4.66. The van der Waals surface area contributed by atoms with Gasteiger partial charge < -0.3 is 16.0 Å². The molecule has 0 saturated heterocycles. The van der Waals surface area contributed by atoms with Gasteiger partial charge in [-0.1, -0.05) is 30.3 Å².